The summed E-state index contributed by atoms with van der Waals surface area (Å²) in [6.45, 7) is 9.06. The van der Waals surface area contributed by atoms with Crippen molar-refractivity contribution < 1.29 is 0 Å². The van der Waals surface area contributed by atoms with Crippen molar-refractivity contribution in [1.82, 2.24) is 4.57 Å². The van der Waals surface area contributed by atoms with Crippen LogP contribution in [0.3, 0.4) is 0 Å². The van der Waals surface area contributed by atoms with Crippen molar-refractivity contribution in [3.63, 3.8) is 0 Å². The first kappa shape index (κ1) is 40.3. The van der Waals surface area contributed by atoms with Gasteiger partial charge in [0.05, 0.1) is 11.0 Å². The average molecular weight is 859 g/mol. The SMILES string of the molecule is Cc1ccc(N(c2ccc(-c3ccc4c(c3)C(C)(C)c3cc(C)ccc3-4)cc2)c2ccc(-c3ccc4c(c3)c3ccccc3n4-c3ccc(-c4ccc(-c5ccccc5)cc4)cc3)cc2)cc1. The highest BCUT2D eigenvalue weighted by Crippen LogP contribution is 2.50. The minimum Gasteiger partial charge on any atom is -0.311 e. The van der Waals surface area contributed by atoms with Crippen LogP contribution in [-0.4, -0.2) is 4.57 Å². The van der Waals surface area contributed by atoms with Gasteiger partial charge in [0.25, 0.3) is 0 Å². The van der Waals surface area contributed by atoms with E-state index in [1.807, 2.05) is 0 Å². The van der Waals surface area contributed by atoms with Crippen LogP contribution in [0.15, 0.2) is 231 Å². The zero-order valence-electron chi connectivity index (χ0n) is 38.3. The number of para-hydroxylation sites is 1. The lowest BCUT2D eigenvalue weighted by atomic mass is 9.81. The van der Waals surface area contributed by atoms with Crippen LogP contribution in [0.5, 0.6) is 0 Å². The third-order valence-corrected chi connectivity index (χ3v) is 14.2. The van der Waals surface area contributed by atoms with Gasteiger partial charge in [0.1, 0.15) is 0 Å². The second-order valence-corrected chi connectivity index (χ2v) is 18.8. The lowest BCUT2D eigenvalue weighted by Crippen LogP contribution is -2.15. The number of hydrogen-bond acceptors (Lipinski definition) is 1. The zero-order valence-corrected chi connectivity index (χ0v) is 38.3. The fraction of sp³-hybridized carbons (Fsp3) is 0.0769. The van der Waals surface area contributed by atoms with E-state index in [0.717, 1.165) is 22.7 Å². The van der Waals surface area contributed by atoms with E-state index in [0.29, 0.717) is 0 Å². The number of aryl methyl sites for hydroxylation is 2. The van der Waals surface area contributed by atoms with Crippen LogP contribution < -0.4 is 4.90 Å². The molecule has 67 heavy (non-hydrogen) atoms. The summed E-state index contributed by atoms with van der Waals surface area (Å²) in [5, 5.41) is 2.49. The van der Waals surface area contributed by atoms with Crippen LogP contribution in [0.25, 0.3) is 83.1 Å². The van der Waals surface area contributed by atoms with Crippen LogP contribution in [0, 0.1) is 13.8 Å². The Hall–Kier alpha value is -8.20. The molecular weight excluding hydrogens is 809 g/mol. The molecule has 0 spiro atoms. The highest BCUT2D eigenvalue weighted by Gasteiger charge is 2.35. The lowest BCUT2D eigenvalue weighted by Gasteiger charge is -2.26. The summed E-state index contributed by atoms with van der Waals surface area (Å²) >= 11 is 0. The zero-order chi connectivity index (χ0) is 45.2. The van der Waals surface area contributed by atoms with Crippen molar-refractivity contribution in [2.24, 2.45) is 0 Å². The first-order valence-electron chi connectivity index (χ1n) is 23.4. The molecule has 2 heteroatoms. The fourth-order valence-electron chi connectivity index (χ4n) is 10.5. The van der Waals surface area contributed by atoms with Crippen molar-refractivity contribution in [2.75, 3.05) is 4.90 Å². The van der Waals surface area contributed by atoms with Gasteiger partial charge in [-0.3, -0.25) is 0 Å². The van der Waals surface area contributed by atoms with Gasteiger partial charge in [-0.25, -0.2) is 0 Å². The third-order valence-electron chi connectivity index (χ3n) is 14.2. The number of aromatic nitrogens is 1. The molecule has 0 saturated carbocycles. The van der Waals surface area contributed by atoms with Gasteiger partial charge in [-0.15, -0.1) is 0 Å². The van der Waals surface area contributed by atoms with Crippen LogP contribution in [0.4, 0.5) is 17.1 Å². The predicted molar refractivity (Wildman–Crippen MR) is 284 cm³/mol. The maximum atomic E-state index is 2.41. The molecule has 320 valence electrons. The van der Waals surface area contributed by atoms with E-state index in [4.69, 9.17) is 0 Å². The van der Waals surface area contributed by atoms with Crippen LogP contribution in [0.1, 0.15) is 36.1 Å². The summed E-state index contributed by atoms with van der Waals surface area (Å²) in [5.41, 5.74) is 24.6. The molecule has 0 bridgehead atoms. The molecule has 0 aliphatic heterocycles. The quantitative estimate of drug-likeness (QED) is 0.148. The highest BCUT2D eigenvalue weighted by atomic mass is 15.1. The van der Waals surface area contributed by atoms with Crippen molar-refractivity contribution in [2.45, 2.75) is 33.1 Å². The molecule has 11 aromatic rings. The standard InChI is InChI=1S/C65H50N2/c1-43-14-29-53(30-15-43)66(55-33-25-50(26-34-55)52-27-38-58-57-37-16-44(2)40-61(57)65(3,4)62(58)42-52)54-31-23-49(24-32-54)51-28-39-64-60(41-51)59-12-8-9-13-63(59)67(64)56-35-21-48(22-36-56)47-19-17-46(18-20-47)45-10-6-5-7-11-45/h5-42H,1-4H3. The molecule has 12 rings (SSSR count). The molecule has 0 atom stereocenters. The molecule has 2 nitrogen and oxygen atoms in total. The van der Waals surface area contributed by atoms with Crippen molar-refractivity contribution in [3.8, 4) is 61.3 Å². The maximum absolute atomic E-state index is 2.41. The van der Waals surface area contributed by atoms with Gasteiger partial charge in [-0.1, -0.05) is 183 Å². The van der Waals surface area contributed by atoms with Gasteiger partial charge >= 0.3 is 0 Å². The summed E-state index contributed by atoms with van der Waals surface area (Å²) in [7, 11) is 0. The highest BCUT2D eigenvalue weighted by molar-refractivity contribution is 6.10. The molecule has 1 heterocycles. The van der Waals surface area contributed by atoms with Crippen LogP contribution >= 0.6 is 0 Å². The smallest absolute Gasteiger partial charge is 0.0541 e. The van der Waals surface area contributed by atoms with Gasteiger partial charge in [0, 0.05) is 38.9 Å². The van der Waals surface area contributed by atoms with Gasteiger partial charge in [-0.05, 0) is 153 Å². The fourth-order valence-corrected chi connectivity index (χ4v) is 10.5. The Morgan fingerprint density at radius 2 is 0.746 bits per heavy atom. The van der Waals surface area contributed by atoms with Crippen LogP contribution in [-0.2, 0) is 5.41 Å². The van der Waals surface area contributed by atoms with Crippen molar-refractivity contribution in [3.05, 3.63) is 253 Å². The third kappa shape index (κ3) is 7.05. The van der Waals surface area contributed by atoms with Gasteiger partial charge in [-0.2, -0.15) is 0 Å². The summed E-state index contributed by atoms with van der Waals surface area (Å²) in [4.78, 5) is 2.36. The number of hydrogen-bond donors (Lipinski definition) is 0. The molecule has 1 aliphatic carbocycles. The first-order valence-corrected chi connectivity index (χ1v) is 23.4. The molecule has 0 saturated heterocycles. The number of nitrogens with zero attached hydrogens (tertiary/aromatic N) is 2. The molecular formula is C65H50N2. The molecule has 0 fully saturated rings. The minimum absolute atomic E-state index is 0.0447. The Bertz CT molecular complexity index is 3610. The predicted octanol–water partition coefficient (Wildman–Crippen LogP) is 17.8. The van der Waals surface area contributed by atoms with E-state index in [2.05, 4.69) is 268 Å². The number of rotatable bonds is 8. The minimum atomic E-state index is -0.0447. The summed E-state index contributed by atoms with van der Waals surface area (Å²) in [6, 6.07) is 85.0. The summed E-state index contributed by atoms with van der Waals surface area (Å²) < 4.78 is 2.40. The average Bonchev–Trinajstić information content (AvgIpc) is 3.82. The largest absolute Gasteiger partial charge is 0.311 e. The normalized spacial score (nSPS) is 12.6. The number of benzene rings is 10. The molecule has 1 aliphatic rings. The molecule has 0 amide bonds. The molecule has 0 unspecified atom stereocenters. The Kier molecular flexibility index (Phi) is 9.66. The molecule has 1 aromatic heterocycles. The van der Waals surface area contributed by atoms with E-state index in [-0.39, 0.29) is 5.41 Å². The summed E-state index contributed by atoms with van der Waals surface area (Å²) in [5.74, 6) is 0. The Balaban J connectivity index is 0.843. The molecule has 10 aromatic carbocycles. The Morgan fingerprint density at radius 3 is 1.37 bits per heavy atom. The van der Waals surface area contributed by atoms with Gasteiger partial charge < -0.3 is 9.47 Å². The summed E-state index contributed by atoms with van der Waals surface area (Å²) in [6.07, 6.45) is 0. The van der Waals surface area contributed by atoms with E-state index in [9.17, 15) is 0 Å². The maximum Gasteiger partial charge on any atom is 0.0541 e. The second-order valence-electron chi connectivity index (χ2n) is 18.8. The number of anilines is 3. The number of fused-ring (bicyclic) bond motifs is 6. The van der Waals surface area contributed by atoms with Crippen LogP contribution in [0.2, 0.25) is 0 Å². The Labute approximate surface area is 393 Å². The molecule has 0 N–H and O–H groups in total. The van der Waals surface area contributed by atoms with E-state index in [1.165, 1.54) is 99.7 Å². The van der Waals surface area contributed by atoms with Gasteiger partial charge in [0.2, 0.25) is 0 Å². The first-order chi connectivity index (χ1) is 32.8. The lowest BCUT2D eigenvalue weighted by molar-refractivity contribution is 0.660. The Morgan fingerprint density at radius 1 is 0.328 bits per heavy atom. The second kappa shape index (κ2) is 16.0. The topological polar surface area (TPSA) is 8.17 Å². The van der Waals surface area contributed by atoms with Crippen molar-refractivity contribution >= 4 is 38.9 Å². The monoisotopic (exact) mass is 858 g/mol. The van der Waals surface area contributed by atoms with E-state index < -0.39 is 0 Å². The molecule has 0 radical (unpaired) electrons. The van der Waals surface area contributed by atoms with Crippen molar-refractivity contribution in [1.29, 1.82) is 0 Å². The van der Waals surface area contributed by atoms with E-state index >= 15 is 0 Å². The van der Waals surface area contributed by atoms with Gasteiger partial charge in [0.15, 0.2) is 0 Å². The van der Waals surface area contributed by atoms with E-state index in [1.54, 1.807) is 0 Å².